The zero-order valence-electron chi connectivity index (χ0n) is 7.82. The maximum absolute atomic E-state index is 10.8. The lowest BCUT2D eigenvalue weighted by atomic mass is 10.3. The van der Waals surface area contributed by atoms with Crippen LogP contribution in [0.3, 0.4) is 0 Å². The molecule has 0 aromatic rings. The first-order valence-corrected chi connectivity index (χ1v) is 3.83. The van der Waals surface area contributed by atoms with Crippen molar-refractivity contribution in [2.24, 2.45) is 0 Å². The van der Waals surface area contributed by atoms with Crippen molar-refractivity contribution < 1.29 is 19.4 Å². The van der Waals surface area contributed by atoms with Gasteiger partial charge in [-0.2, -0.15) is 0 Å². The molecule has 0 atom stereocenters. The minimum absolute atomic E-state index is 0.0186. The molecular weight excluding hydrogens is 172 g/mol. The monoisotopic (exact) mass is 186 g/mol. The molecule has 0 bridgehead atoms. The first-order chi connectivity index (χ1) is 6.24. The predicted octanol–water partition coefficient (Wildman–Crippen LogP) is 0.628. The van der Waals surface area contributed by atoms with Crippen LogP contribution in [0.25, 0.3) is 0 Å². The summed E-state index contributed by atoms with van der Waals surface area (Å²) < 4.78 is 9.32. The van der Waals surface area contributed by atoms with E-state index in [1.165, 1.54) is 20.3 Å². The number of methoxy groups -OCH3 is 2. The van der Waals surface area contributed by atoms with Crippen LogP contribution in [-0.4, -0.2) is 31.9 Å². The van der Waals surface area contributed by atoms with Crippen LogP contribution in [0.1, 0.15) is 6.42 Å². The van der Waals surface area contributed by atoms with Crippen molar-refractivity contribution in [3.8, 4) is 0 Å². The quantitative estimate of drug-likeness (QED) is 0.296. The third-order valence-corrected chi connectivity index (χ3v) is 1.33. The average Bonchev–Trinajstić information content (AvgIpc) is 2.16. The normalized spacial score (nSPS) is 11.8. The number of hydrogen-bond acceptors (Lipinski definition) is 4. The lowest BCUT2D eigenvalue weighted by Gasteiger charge is -2.01. The van der Waals surface area contributed by atoms with E-state index in [0.29, 0.717) is 12.2 Å². The molecule has 0 aliphatic rings. The van der Waals surface area contributed by atoms with Crippen LogP contribution in [0.15, 0.2) is 24.0 Å². The number of rotatable bonds is 5. The van der Waals surface area contributed by atoms with Gasteiger partial charge >= 0.3 is 5.97 Å². The van der Waals surface area contributed by atoms with E-state index in [1.54, 1.807) is 12.2 Å². The van der Waals surface area contributed by atoms with Gasteiger partial charge in [-0.15, -0.1) is 0 Å². The van der Waals surface area contributed by atoms with Crippen molar-refractivity contribution in [3.05, 3.63) is 24.0 Å². The molecule has 0 saturated heterocycles. The second kappa shape index (κ2) is 7.36. The summed E-state index contributed by atoms with van der Waals surface area (Å²) in [6.45, 7) is -0.0186. The summed E-state index contributed by atoms with van der Waals surface area (Å²) in [5.74, 6) is 0.0470. The van der Waals surface area contributed by atoms with E-state index in [-0.39, 0.29) is 6.61 Å². The van der Waals surface area contributed by atoms with Gasteiger partial charge in [-0.1, -0.05) is 12.2 Å². The molecule has 0 saturated carbocycles. The van der Waals surface area contributed by atoms with Gasteiger partial charge in [0, 0.05) is 6.42 Å². The van der Waals surface area contributed by atoms with Crippen LogP contribution in [-0.2, 0) is 14.3 Å². The number of carbonyl (C=O) groups is 1. The Labute approximate surface area is 77.5 Å². The number of aliphatic hydroxyl groups excluding tert-OH is 1. The second-order valence-corrected chi connectivity index (χ2v) is 2.20. The smallest absolute Gasteiger partial charge is 0.333 e. The molecule has 1 N–H and O–H groups in total. The summed E-state index contributed by atoms with van der Waals surface area (Å²) in [5, 5.41) is 8.44. The molecule has 0 rings (SSSR count). The molecule has 74 valence electrons. The fraction of sp³-hybridized carbons (Fsp3) is 0.444. The summed E-state index contributed by atoms with van der Waals surface area (Å²) >= 11 is 0. The molecule has 0 radical (unpaired) electrons. The lowest BCUT2D eigenvalue weighted by molar-refractivity contribution is -0.135. The number of aliphatic hydroxyl groups is 1. The third kappa shape index (κ3) is 5.93. The summed E-state index contributed by atoms with van der Waals surface area (Å²) in [5.41, 5.74) is 0. The van der Waals surface area contributed by atoms with E-state index in [4.69, 9.17) is 9.84 Å². The minimum atomic E-state index is -0.450. The average molecular weight is 186 g/mol. The largest absolute Gasteiger partial charge is 0.501 e. The Bertz CT molecular complexity index is 206. The SMILES string of the molecule is COC(=O)/C=C(/C/C=C/CO)OC. The van der Waals surface area contributed by atoms with Gasteiger partial charge in [-0.25, -0.2) is 4.79 Å². The summed E-state index contributed by atoms with van der Waals surface area (Å²) in [4.78, 5) is 10.8. The Balaban J connectivity index is 4.09. The van der Waals surface area contributed by atoms with Gasteiger partial charge in [0.2, 0.25) is 0 Å². The highest BCUT2D eigenvalue weighted by atomic mass is 16.5. The first-order valence-electron chi connectivity index (χ1n) is 3.83. The standard InChI is InChI=1S/C9H14O4/c1-12-8(5-3-4-6-10)7-9(11)13-2/h3-4,7,10H,5-6H2,1-2H3/b4-3+,8-7-. The molecule has 0 unspecified atom stereocenters. The van der Waals surface area contributed by atoms with Gasteiger partial charge in [-0.3, -0.25) is 0 Å². The van der Waals surface area contributed by atoms with Crippen LogP contribution >= 0.6 is 0 Å². The fourth-order valence-corrected chi connectivity index (χ4v) is 0.666. The fourth-order valence-electron chi connectivity index (χ4n) is 0.666. The zero-order valence-corrected chi connectivity index (χ0v) is 7.82. The topological polar surface area (TPSA) is 55.8 Å². The van der Waals surface area contributed by atoms with Crippen LogP contribution in [0.5, 0.6) is 0 Å². The van der Waals surface area contributed by atoms with Crippen molar-refractivity contribution >= 4 is 5.97 Å². The summed E-state index contributed by atoms with van der Waals surface area (Å²) in [7, 11) is 2.78. The molecule has 4 heteroatoms. The van der Waals surface area contributed by atoms with E-state index in [1.807, 2.05) is 0 Å². The van der Waals surface area contributed by atoms with Crippen LogP contribution < -0.4 is 0 Å². The highest BCUT2D eigenvalue weighted by Crippen LogP contribution is 2.03. The molecule has 0 aliphatic heterocycles. The molecule has 0 amide bonds. The minimum Gasteiger partial charge on any atom is -0.501 e. The van der Waals surface area contributed by atoms with E-state index in [0.717, 1.165) is 0 Å². The van der Waals surface area contributed by atoms with Crippen molar-refractivity contribution in [2.45, 2.75) is 6.42 Å². The van der Waals surface area contributed by atoms with Crippen LogP contribution in [0, 0.1) is 0 Å². The number of hydrogen-bond donors (Lipinski definition) is 1. The molecule has 0 fully saturated rings. The maximum Gasteiger partial charge on any atom is 0.333 e. The van der Waals surface area contributed by atoms with Crippen molar-refractivity contribution in [3.63, 3.8) is 0 Å². The van der Waals surface area contributed by atoms with Gasteiger partial charge in [0.15, 0.2) is 0 Å². The Kier molecular flexibility index (Phi) is 6.63. The summed E-state index contributed by atoms with van der Waals surface area (Å²) in [6.07, 6.45) is 5.01. The molecule has 0 heterocycles. The Hall–Kier alpha value is -1.29. The van der Waals surface area contributed by atoms with Crippen LogP contribution in [0.4, 0.5) is 0 Å². The van der Waals surface area contributed by atoms with Crippen molar-refractivity contribution in [1.82, 2.24) is 0 Å². The molecular formula is C9H14O4. The molecule has 0 spiro atoms. The molecule has 0 aliphatic carbocycles. The Morgan fingerprint density at radius 1 is 1.31 bits per heavy atom. The highest BCUT2D eigenvalue weighted by molar-refractivity contribution is 5.82. The third-order valence-electron chi connectivity index (χ3n) is 1.33. The highest BCUT2D eigenvalue weighted by Gasteiger charge is 1.98. The Morgan fingerprint density at radius 2 is 2.00 bits per heavy atom. The first kappa shape index (κ1) is 11.7. The number of allylic oxidation sites excluding steroid dienone is 1. The number of carbonyl (C=O) groups excluding carboxylic acids is 1. The van der Waals surface area contributed by atoms with Gasteiger partial charge in [-0.05, 0) is 0 Å². The van der Waals surface area contributed by atoms with E-state index < -0.39 is 5.97 Å². The van der Waals surface area contributed by atoms with E-state index in [9.17, 15) is 4.79 Å². The molecule has 13 heavy (non-hydrogen) atoms. The van der Waals surface area contributed by atoms with Gasteiger partial charge < -0.3 is 14.6 Å². The predicted molar refractivity (Wildman–Crippen MR) is 48.0 cm³/mol. The van der Waals surface area contributed by atoms with E-state index >= 15 is 0 Å². The number of esters is 1. The van der Waals surface area contributed by atoms with E-state index in [2.05, 4.69) is 4.74 Å². The van der Waals surface area contributed by atoms with Crippen molar-refractivity contribution in [1.29, 1.82) is 0 Å². The van der Waals surface area contributed by atoms with Crippen molar-refractivity contribution in [2.75, 3.05) is 20.8 Å². The molecule has 4 nitrogen and oxygen atoms in total. The second-order valence-electron chi connectivity index (χ2n) is 2.20. The zero-order chi connectivity index (χ0) is 10.1. The summed E-state index contributed by atoms with van der Waals surface area (Å²) in [6, 6.07) is 0. The van der Waals surface area contributed by atoms with Gasteiger partial charge in [0.1, 0.15) is 5.76 Å². The molecule has 0 aromatic carbocycles. The maximum atomic E-state index is 10.8. The Morgan fingerprint density at radius 3 is 2.46 bits per heavy atom. The molecule has 0 aromatic heterocycles. The number of ether oxygens (including phenoxy) is 2. The van der Waals surface area contributed by atoms with Gasteiger partial charge in [0.25, 0.3) is 0 Å². The van der Waals surface area contributed by atoms with Gasteiger partial charge in [0.05, 0.1) is 26.9 Å². The van der Waals surface area contributed by atoms with Crippen LogP contribution in [0.2, 0.25) is 0 Å². The lowest BCUT2D eigenvalue weighted by Crippen LogP contribution is -1.98.